The second-order valence-corrected chi connectivity index (χ2v) is 4.95. The molecule has 23 heavy (non-hydrogen) atoms. The maximum atomic E-state index is 12.4. The molecular formula is C17H17N3O3. The van der Waals surface area contributed by atoms with E-state index in [2.05, 4.69) is 17.0 Å². The van der Waals surface area contributed by atoms with Gasteiger partial charge >= 0.3 is 0 Å². The summed E-state index contributed by atoms with van der Waals surface area (Å²) in [6, 6.07) is 5.19. The predicted molar refractivity (Wildman–Crippen MR) is 87.8 cm³/mol. The molecule has 1 aromatic carbocycles. The summed E-state index contributed by atoms with van der Waals surface area (Å²) >= 11 is 0. The van der Waals surface area contributed by atoms with Crippen LogP contribution >= 0.6 is 0 Å². The van der Waals surface area contributed by atoms with Gasteiger partial charge in [0.1, 0.15) is 17.9 Å². The summed E-state index contributed by atoms with van der Waals surface area (Å²) in [5.74, 6) is 0.341. The lowest BCUT2D eigenvalue weighted by Crippen LogP contribution is -2.11. The molecule has 0 radical (unpaired) electrons. The minimum absolute atomic E-state index is 0.248. The number of furan rings is 1. The third-order valence-corrected chi connectivity index (χ3v) is 3.37. The van der Waals surface area contributed by atoms with E-state index in [1.807, 2.05) is 6.92 Å². The van der Waals surface area contributed by atoms with Crippen LogP contribution in [0.5, 0.6) is 5.75 Å². The fraction of sp³-hybridized carbons (Fsp3) is 0.176. The van der Waals surface area contributed by atoms with Gasteiger partial charge in [0.15, 0.2) is 0 Å². The number of benzene rings is 1. The topological polar surface area (TPSA) is 69.3 Å². The van der Waals surface area contributed by atoms with Crippen molar-refractivity contribution in [2.75, 3.05) is 11.9 Å². The number of hydrogen-bond donors (Lipinski definition) is 1. The largest absolute Gasteiger partial charge is 0.489 e. The number of nitrogens with one attached hydrogen (secondary N) is 1. The quantitative estimate of drug-likeness (QED) is 0.708. The van der Waals surface area contributed by atoms with E-state index in [0.29, 0.717) is 29.2 Å². The molecule has 6 nitrogen and oxygen atoms in total. The molecule has 0 spiro atoms. The Balaban J connectivity index is 1.88. The first kappa shape index (κ1) is 14.9. The van der Waals surface area contributed by atoms with Crippen LogP contribution in [0.3, 0.4) is 0 Å². The molecule has 0 bridgehead atoms. The van der Waals surface area contributed by atoms with Crippen molar-refractivity contribution in [3.63, 3.8) is 0 Å². The molecule has 0 aliphatic rings. The van der Waals surface area contributed by atoms with Crippen LogP contribution in [0.25, 0.3) is 11.0 Å². The molecule has 118 valence electrons. The third-order valence-electron chi connectivity index (χ3n) is 3.37. The molecule has 6 heteroatoms. The van der Waals surface area contributed by atoms with Gasteiger partial charge in [0.2, 0.25) is 0 Å². The van der Waals surface area contributed by atoms with Gasteiger partial charge in [-0.2, -0.15) is 5.10 Å². The number of amides is 1. The third kappa shape index (κ3) is 3.11. The lowest BCUT2D eigenvalue weighted by atomic mass is 10.1. The summed E-state index contributed by atoms with van der Waals surface area (Å²) in [7, 11) is 0. The summed E-state index contributed by atoms with van der Waals surface area (Å²) in [4.78, 5) is 12.4. The average Bonchev–Trinajstić information content (AvgIpc) is 3.20. The first-order valence-corrected chi connectivity index (χ1v) is 7.30. The predicted octanol–water partition coefficient (Wildman–Crippen LogP) is 3.47. The van der Waals surface area contributed by atoms with Gasteiger partial charge in [-0.15, -0.1) is 0 Å². The minimum Gasteiger partial charge on any atom is -0.489 e. The zero-order chi connectivity index (χ0) is 16.2. The highest BCUT2D eigenvalue weighted by Gasteiger charge is 2.14. The van der Waals surface area contributed by atoms with Crippen LogP contribution in [0.15, 0.2) is 53.9 Å². The van der Waals surface area contributed by atoms with Crippen molar-refractivity contribution in [2.24, 2.45) is 0 Å². The Bertz CT molecular complexity index is 848. The van der Waals surface area contributed by atoms with Crippen LogP contribution in [-0.4, -0.2) is 22.3 Å². The summed E-state index contributed by atoms with van der Waals surface area (Å²) < 4.78 is 12.8. The molecule has 0 saturated carbocycles. The van der Waals surface area contributed by atoms with Gasteiger partial charge in [0.05, 0.1) is 23.5 Å². The van der Waals surface area contributed by atoms with Crippen LogP contribution < -0.4 is 10.1 Å². The smallest absolute Gasteiger partial charge is 0.256 e. The molecule has 3 aromatic rings. The second-order valence-electron chi connectivity index (χ2n) is 4.95. The van der Waals surface area contributed by atoms with Gasteiger partial charge in [-0.1, -0.05) is 12.7 Å². The minimum atomic E-state index is -0.248. The highest BCUT2D eigenvalue weighted by molar-refractivity contribution is 6.06. The number of aryl methyl sites for hydroxylation is 1. The molecule has 1 amide bonds. The van der Waals surface area contributed by atoms with Crippen molar-refractivity contribution in [3.8, 4) is 5.75 Å². The fourth-order valence-electron chi connectivity index (χ4n) is 2.24. The van der Waals surface area contributed by atoms with Crippen molar-refractivity contribution in [3.05, 3.63) is 55.1 Å². The Labute approximate surface area is 133 Å². The van der Waals surface area contributed by atoms with Gasteiger partial charge in [0.25, 0.3) is 5.91 Å². The Kier molecular flexibility index (Phi) is 4.14. The van der Waals surface area contributed by atoms with E-state index >= 15 is 0 Å². The van der Waals surface area contributed by atoms with E-state index in [-0.39, 0.29) is 5.91 Å². The Morgan fingerprint density at radius 3 is 3.13 bits per heavy atom. The van der Waals surface area contributed by atoms with E-state index in [0.717, 1.165) is 11.9 Å². The molecule has 2 aromatic heterocycles. The van der Waals surface area contributed by atoms with Crippen LogP contribution in [0.2, 0.25) is 0 Å². The number of carbonyl (C=O) groups is 1. The summed E-state index contributed by atoms with van der Waals surface area (Å²) in [6.45, 7) is 6.71. The Morgan fingerprint density at radius 1 is 1.52 bits per heavy atom. The number of aromatic nitrogens is 2. The van der Waals surface area contributed by atoms with E-state index < -0.39 is 0 Å². The van der Waals surface area contributed by atoms with Crippen molar-refractivity contribution >= 4 is 22.6 Å². The zero-order valence-electron chi connectivity index (χ0n) is 12.8. The van der Waals surface area contributed by atoms with Gasteiger partial charge in [-0.25, -0.2) is 0 Å². The number of ether oxygens (including phenoxy) is 1. The number of nitrogens with zero attached hydrogens (tertiary/aromatic N) is 2. The first-order valence-electron chi connectivity index (χ1n) is 7.30. The highest BCUT2D eigenvalue weighted by Crippen LogP contribution is 2.29. The number of anilines is 1. The number of carbonyl (C=O) groups excluding carboxylic acids is 1. The Hall–Kier alpha value is -3.02. The monoisotopic (exact) mass is 311 g/mol. The lowest BCUT2D eigenvalue weighted by Gasteiger charge is -2.08. The highest BCUT2D eigenvalue weighted by atomic mass is 16.5. The maximum absolute atomic E-state index is 12.4. The number of hydrogen-bond acceptors (Lipinski definition) is 4. The molecule has 0 fully saturated rings. The summed E-state index contributed by atoms with van der Waals surface area (Å²) in [5, 5.41) is 7.76. The molecule has 0 saturated heterocycles. The first-order chi connectivity index (χ1) is 11.2. The van der Waals surface area contributed by atoms with Crippen molar-refractivity contribution in [1.29, 1.82) is 0 Å². The number of fused-ring (bicyclic) bond motifs is 1. The van der Waals surface area contributed by atoms with Gasteiger partial charge in [-0.3, -0.25) is 9.48 Å². The van der Waals surface area contributed by atoms with Gasteiger partial charge < -0.3 is 14.5 Å². The molecule has 1 N–H and O–H groups in total. The Morgan fingerprint density at radius 2 is 2.39 bits per heavy atom. The SMILES string of the molecule is C=CCOc1cc(C(=O)Nc2cnn(CC)c2)cc2occc12. The lowest BCUT2D eigenvalue weighted by molar-refractivity contribution is 0.102. The summed E-state index contributed by atoms with van der Waals surface area (Å²) in [5.41, 5.74) is 1.70. The van der Waals surface area contributed by atoms with Crippen LogP contribution in [0.4, 0.5) is 5.69 Å². The van der Waals surface area contributed by atoms with E-state index in [9.17, 15) is 4.79 Å². The second kappa shape index (κ2) is 6.39. The molecule has 2 heterocycles. The molecular weight excluding hydrogens is 294 g/mol. The number of rotatable bonds is 6. The van der Waals surface area contributed by atoms with Crippen molar-refractivity contribution < 1.29 is 13.9 Å². The van der Waals surface area contributed by atoms with E-state index in [1.54, 1.807) is 47.6 Å². The standard InChI is InChI=1S/C17H17N3O3/c1-3-6-22-15-8-12(9-16-14(15)5-7-23-16)17(21)19-13-10-18-20(4-2)11-13/h3,5,7-11H,1,4,6H2,2H3,(H,19,21). The summed E-state index contributed by atoms with van der Waals surface area (Å²) in [6.07, 6.45) is 6.61. The average molecular weight is 311 g/mol. The van der Waals surface area contributed by atoms with E-state index in [1.165, 1.54) is 0 Å². The van der Waals surface area contributed by atoms with Gasteiger partial charge in [0, 0.05) is 18.3 Å². The van der Waals surface area contributed by atoms with Crippen LogP contribution in [0, 0.1) is 0 Å². The normalized spacial score (nSPS) is 10.7. The molecule has 3 rings (SSSR count). The van der Waals surface area contributed by atoms with Crippen molar-refractivity contribution in [1.82, 2.24) is 9.78 Å². The molecule has 0 unspecified atom stereocenters. The molecule has 0 aliphatic carbocycles. The molecule has 0 atom stereocenters. The maximum Gasteiger partial charge on any atom is 0.256 e. The van der Waals surface area contributed by atoms with Crippen molar-refractivity contribution in [2.45, 2.75) is 13.5 Å². The molecule has 0 aliphatic heterocycles. The van der Waals surface area contributed by atoms with Crippen LogP contribution in [-0.2, 0) is 6.54 Å². The van der Waals surface area contributed by atoms with Crippen LogP contribution in [0.1, 0.15) is 17.3 Å². The van der Waals surface area contributed by atoms with E-state index in [4.69, 9.17) is 9.15 Å². The van der Waals surface area contributed by atoms with Gasteiger partial charge in [-0.05, 0) is 25.1 Å². The fourth-order valence-corrected chi connectivity index (χ4v) is 2.24. The zero-order valence-corrected chi connectivity index (χ0v) is 12.8.